The van der Waals surface area contributed by atoms with E-state index in [1.54, 1.807) is 6.20 Å². The number of hydrogen-bond donors (Lipinski definition) is 0. The van der Waals surface area contributed by atoms with Crippen molar-refractivity contribution >= 4 is 34.4 Å². The van der Waals surface area contributed by atoms with Gasteiger partial charge in [-0.1, -0.05) is 30.7 Å². The van der Waals surface area contributed by atoms with Crippen LogP contribution in [0.5, 0.6) is 0 Å². The van der Waals surface area contributed by atoms with E-state index in [9.17, 15) is 4.79 Å². The summed E-state index contributed by atoms with van der Waals surface area (Å²) in [4.78, 5) is 26.4. The molecule has 0 N–H and O–H groups in total. The number of piperazine rings is 1. The molecule has 0 radical (unpaired) electrons. The number of hydrogen-bond acceptors (Lipinski definition) is 4. The standard InChI is InChI=1S/C26H26ClN5O/c1-2-24-29-23-4-3-13-28-26(23)32(24)22-9-5-19(6-10-22)18-25(33)31-16-14-30(15-17-31)21-11-7-20(27)8-12-21/h3-13H,2,14-18H2,1H3. The van der Waals surface area contributed by atoms with Crippen LogP contribution in [0.3, 0.4) is 0 Å². The number of carbonyl (C=O) groups is 1. The van der Waals surface area contributed by atoms with Gasteiger partial charge in [0.15, 0.2) is 5.65 Å². The summed E-state index contributed by atoms with van der Waals surface area (Å²) in [6.45, 7) is 5.20. The Kier molecular flexibility index (Phi) is 6.01. The molecule has 3 heterocycles. The second kappa shape index (κ2) is 9.24. The number of anilines is 1. The maximum absolute atomic E-state index is 12.9. The number of benzene rings is 2. The minimum absolute atomic E-state index is 0.169. The quantitative estimate of drug-likeness (QED) is 0.440. The Morgan fingerprint density at radius 1 is 0.939 bits per heavy atom. The Hall–Kier alpha value is -3.38. The molecule has 168 valence electrons. The fourth-order valence-electron chi connectivity index (χ4n) is 4.38. The van der Waals surface area contributed by atoms with Gasteiger partial charge in [0.2, 0.25) is 5.91 Å². The highest BCUT2D eigenvalue weighted by atomic mass is 35.5. The second-order valence-electron chi connectivity index (χ2n) is 8.25. The van der Waals surface area contributed by atoms with Gasteiger partial charge in [0.1, 0.15) is 11.3 Å². The van der Waals surface area contributed by atoms with Gasteiger partial charge < -0.3 is 9.80 Å². The van der Waals surface area contributed by atoms with Gasteiger partial charge in [-0.3, -0.25) is 9.36 Å². The highest BCUT2D eigenvalue weighted by Crippen LogP contribution is 2.22. The van der Waals surface area contributed by atoms with Crippen molar-refractivity contribution in [1.29, 1.82) is 0 Å². The molecular formula is C26H26ClN5O. The van der Waals surface area contributed by atoms with Gasteiger partial charge in [0.25, 0.3) is 0 Å². The van der Waals surface area contributed by atoms with Gasteiger partial charge in [0.05, 0.1) is 6.42 Å². The van der Waals surface area contributed by atoms with Crippen molar-refractivity contribution in [2.24, 2.45) is 0 Å². The van der Waals surface area contributed by atoms with Crippen molar-refractivity contribution in [3.63, 3.8) is 0 Å². The van der Waals surface area contributed by atoms with Crippen LogP contribution in [0.2, 0.25) is 5.02 Å². The molecule has 1 saturated heterocycles. The molecule has 4 aromatic rings. The first-order chi connectivity index (χ1) is 16.1. The smallest absolute Gasteiger partial charge is 0.227 e. The lowest BCUT2D eigenvalue weighted by Crippen LogP contribution is -2.49. The summed E-state index contributed by atoms with van der Waals surface area (Å²) in [6, 6.07) is 19.9. The van der Waals surface area contributed by atoms with Gasteiger partial charge in [-0.05, 0) is 54.1 Å². The fraction of sp³-hybridized carbons (Fsp3) is 0.269. The van der Waals surface area contributed by atoms with E-state index in [-0.39, 0.29) is 5.91 Å². The maximum Gasteiger partial charge on any atom is 0.227 e. The predicted octanol–water partition coefficient (Wildman–Crippen LogP) is 4.53. The normalized spacial score (nSPS) is 14.1. The van der Waals surface area contributed by atoms with Gasteiger partial charge >= 0.3 is 0 Å². The van der Waals surface area contributed by atoms with E-state index in [1.807, 2.05) is 53.4 Å². The monoisotopic (exact) mass is 459 g/mol. The van der Waals surface area contributed by atoms with Crippen LogP contribution >= 0.6 is 11.6 Å². The van der Waals surface area contributed by atoms with Crippen molar-refractivity contribution in [2.45, 2.75) is 19.8 Å². The Morgan fingerprint density at radius 2 is 1.64 bits per heavy atom. The number of imidazole rings is 1. The Balaban J connectivity index is 1.24. The van der Waals surface area contributed by atoms with E-state index in [0.29, 0.717) is 6.42 Å². The van der Waals surface area contributed by atoms with Crippen LogP contribution in [-0.2, 0) is 17.6 Å². The summed E-state index contributed by atoms with van der Waals surface area (Å²) < 4.78 is 2.09. The Morgan fingerprint density at radius 3 is 2.33 bits per heavy atom. The Bertz CT molecular complexity index is 1260. The molecular weight excluding hydrogens is 434 g/mol. The number of carbonyl (C=O) groups excluding carboxylic acids is 1. The van der Waals surface area contributed by atoms with Gasteiger partial charge in [-0.15, -0.1) is 0 Å². The van der Waals surface area contributed by atoms with Crippen molar-refractivity contribution < 1.29 is 4.79 Å². The third kappa shape index (κ3) is 4.44. The first-order valence-corrected chi connectivity index (χ1v) is 11.7. The van der Waals surface area contributed by atoms with E-state index >= 15 is 0 Å². The third-order valence-electron chi connectivity index (χ3n) is 6.18. The molecule has 0 saturated carbocycles. The van der Waals surface area contributed by atoms with Crippen molar-refractivity contribution in [3.05, 3.63) is 83.3 Å². The third-order valence-corrected chi connectivity index (χ3v) is 6.43. The largest absolute Gasteiger partial charge is 0.368 e. The first-order valence-electron chi connectivity index (χ1n) is 11.3. The zero-order chi connectivity index (χ0) is 22.8. The summed E-state index contributed by atoms with van der Waals surface area (Å²) in [5, 5.41) is 0.738. The van der Waals surface area contributed by atoms with Crippen molar-refractivity contribution in [1.82, 2.24) is 19.4 Å². The Labute approximate surface area is 198 Å². The molecule has 7 heteroatoms. The average Bonchev–Trinajstić information content (AvgIpc) is 3.24. The summed E-state index contributed by atoms with van der Waals surface area (Å²) in [6.07, 6.45) is 3.02. The first kappa shape index (κ1) is 21.5. The lowest BCUT2D eigenvalue weighted by atomic mass is 10.1. The van der Waals surface area contributed by atoms with E-state index in [0.717, 1.165) is 71.5 Å². The molecule has 1 aliphatic heterocycles. The number of fused-ring (bicyclic) bond motifs is 1. The number of halogens is 1. The van der Waals surface area contributed by atoms with Crippen LogP contribution < -0.4 is 4.90 Å². The lowest BCUT2D eigenvalue weighted by Gasteiger charge is -2.36. The van der Waals surface area contributed by atoms with Crippen LogP contribution in [0.1, 0.15) is 18.3 Å². The number of pyridine rings is 1. The maximum atomic E-state index is 12.9. The van der Waals surface area contributed by atoms with Crippen LogP contribution in [-0.4, -0.2) is 51.5 Å². The number of nitrogens with zero attached hydrogens (tertiary/aromatic N) is 5. The number of amides is 1. The zero-order valence-electron chi connectivity index (χ0n) is 18.6. The topological polar surface area (TPSA) is 54.3 Å². The number of aromatic nitrogens is 3. The molecule has 5 rings (SSSR count). The van der Waals surface area contributed by atoms with E-state index in [1.165, 1.54) is 0 Å². The van der Waals surface area contributed by atoms with Gasteiger partial charge in [0, 0.05) is 55.2 Å². The highest BCUT2D eigenvalue weighted by Gasteiger charge is 2.21. The lowest BCUT2D eigenvalue weighted by molar-refractivity contribution is -0.130. The van der Waals surface area contributed by atoms with Crippen LogP contribution in [0.4, 0.5) is 5.69 Å². The fourth-order valence-corrected chi connectivity index (χ4v) is 4.51. The zero-order valence-corrected chi connectivity index (χ0v) is 19.4. The molecule has 0 spiro atoms. The molecule has 2 aromatic carbocycles. The number of aryl methyl sites for hydroxylation is 1. The average molecular weight is 460 g/mol. The van der Waals surface area contributed by atoms with Crippen LogP contribution in [0.15, 0.2) is 66.9 Å². The van der Waals surface area contributed by atoms with E-state index in [4.69, 9.17) is 16.6 Å². The molecule has 0 bridgehead atoms. The summed E-state index contributed by atoms with van der Waals surface area (Å²) >= 11 is 5.99. The molecule has 0 unspecified atom stereocenters. The van der Waals surface area contributed by atoms with E-state index < -0.39 is 0 Å². The van der Waals surface area contributed by atoms with Crippen LogP contribution in [0.25, 0.3) is 16.9 Å². The van der Waals surface area contributed by atoms with Gasteiger partial charge in [-0.2, -0.15) is 0 Å². The molecule has 0 aliphatic carbocycles. The molecule has 2 aromatic heterocycles. The van der Waals surface area contributed by atoms with E-state index in [2.05, 4.69) is 33.5 Å². The SMILES string of the molecule is CCc1nc2cccnc2n1-c1ccc(CC(=O)N2CCN(c3ccc(Cl)cc3)CC2)cc1. The summed E-state index contributed by atoms with van der Waals surface area (Å²) in [7, 11) is 0. The molecule has 1 amide bonds. The minimum Gasteiger partial charge on any atom is -0.368 e. The summed E-state index contributed by atoms with van der Waals surface area (Å²) in [5.41, 5.74) is 4.93. The summed E-state index contributed by atoms with van der Waals surface area (Å²) in [5.74, 6) is 1.15. The molecule has 1 fully saturated rings. The molecule has 6 nitrogen and oxygen atoms in total. The predicted molar refractivity (Wildman–Crippen MR) is 132 cm³/mol. The second-order valence-corrected chi connectivity index (χ2v) is 8.69. The minimum atomic E-state index is 0.169. The van der Waals surface area contributed by atoms with Gasteiger partial charge in [-0.25, -0.2) is 9.97 Å². The van der Waals surface area contributed by atoms with Crippen molar-refractivity contribution in [3.8, 4) is 5.69 Å². The molecule has 33 heavy (non-hydrogen) atoms. The van der Waals surface area contributed by atoms with Crippen LogP contribution in [0, 0.1) is 0 Å². The highest BCUT2D eigenvalue weighted by molar-refractivity contribution is 6.30. The molecule has 0 atom stereocenters. The molecule has 1 aliphatic rings. The van der Waals surface area contributed by atoms with Crippen molar-refractivity contribution in [2.75, 3.05) is 31.1 Å². The number of rotatable bonds is 5.